The molecule has 6 nitrogen and oxygen atoms in total. The van der Waals surface area contributed by atoms with Crippen molar-refractivity contribution < 1.29 is 4.79 Å². The molecule has 0 bridgehead atoms. The van der Waals surface area contributed by atoms with Crippen molar-refractivity contribution in [2.24, 2.45) is 5.92 Å². The summed E-state index contributed by atoms with van der Waals surface area (Å²) in [5.74, 6) is 0.675. The molecule has 3 rings (SSSR count). The number of hydrogen-bond donors (Lipinski definition) is 1. The highest BCUT2D eigenvalue weighted by Gasteiger charge is 2.24. The average molecular weight is 341 g/mol. The van der Waals surface area contributed by atoms with Crippen molar-refractivity contribution in [2.75, 3.05) is 13.1 Å². The lowest BCUT2D eigenvalue weighted by molar-refractivity contribution is 0.163. The first-order chi connectivity index (χ1) is 12.3. The summed E-state index contributed by atoms with van der Waals surface area (Å²) in [5.41, 5.74) is 1.06. The molecule has 0 aromatic carbocycles. The first kappa shape index (κ1) is 17.5. The van der Waals surface area contributed by atoms with Gasteiger partial charge in [0.2, 0.25) is 0 Å². The summed E-state index contributed by atoms with van der Waals surface area (Å²) < 4.78 is 1.98. The third kappa shape index (κ3) is 4.81. The van der Waals surface area contributed by atoms with E-state index in [0.717, 1.165) is 50.9 Å². The summed E-state index contributed by atoms with van der Waals surface area (Å²) in [7, 11) is 0. The lowest BCUT2D eigenvalue weighted by Gasteiger charge is -2.33. The summed E-state index contributed by atoms with van der Waals surface area (Å²) >= 11 is 0. The van der Waals surface area contributed by atoms with E-state index in [9.17, 15) is 4.79 Å². The molecule has 134 valence electrons. The second-order valence-corrected chi connectivity index (χ2v) is 6.68. The van der Waals surface area contributed by atoms with Crippen molar-refractivity contribution >= 4 is 6.03 Å². The zero-order chi connectivity index (χ0) is 17.5. The zero-order valence-electron chi connectivity index (χ0n) is 14.8. The smallest absolute Gasteiger partial charge is 0.317 e. The summed E-state index contributed by atoms with van der Waals surface area (Å²) in [5, 5.41) is 7.41. The number of nitrogens with zero attached hydrogens (tertiary/aromatic N) is 4. The van der Waals surface area contributed by atoms with Crippen LogP contribution < -0.4 is 5.32 Å². The summed E-state index contributed by atoms with van der Waals surface area (Å²) in [6.07, 6.45) is 11.5. The van der Waals surface area contributed by atoms with Gasteiger partial charge in [-0.2, -0.15) is 5.10 Å². The maximum Gasteiger partial charge on any atom is 0.317 e. The number of pyridine rings is 1. The number of piperidine rings is 1. The van der Waals surface area contributed by atoms with Crippen LogP contribution >= 0.6 is 0 Å². The van der Waals surface area contributed by atoms with Crippen LogP contribution in [0.15, 0.2) is 43.0 Å². The van der Waals surface area contributed by atoms with E-state index in [1.54, 1.807) is 6.20 Å². The Kier molecular flexibility index (Phi) is 6.04. The minimum atomic E-state index is 0.0266. The van der Waals surface area contributed by atoms with E-state index >= 15 is 0 Å². The Hall–Kier alpha value is -2.37. The Morgan fingerprint density at radius 3 is 2.80 bits per heavy atom. The number of hydrogen-bond acceptors (Lipinski definition) is 3. The molecule has 0 aliphatic carbocycles. The van der Waals surface area contributed by atoms with Gasteiger partial charge in [0.1, 0.15) is 0 Å². The van der Waals surface area contributed by atoms with E-state index in [1.807, 2.05) is 46.4 Å². The predicted octanol–water partition coefficient (Wildman–Crippen LogP) is 3.24. The van der Waals surface area contributed by atoms with E-state index in [4.69, 9.17) is 0 Å². The first-order valence-electron chi connectivity index (χ1n) is 9.19. The van der Waals surface area contributed by atoms with E-state index in [1.165, 1.54) is 0 Å². The van der Waals surface area contributed by atoms with E-state index in [2.05, 4.69) is 22.3 Å². The van der Waals surface area contributed by atoms with Crippen LogP contribution in [0.1, 0.15) is 44.2 Å². The average Bonchev–Trinajstić information content (AvgIpc) is 3.19. The molecular weight excluding hydrogens is 314 g/mol. The van der Waals surface area contributed by atoms with Gasteiger partial charge in [0.25, 0.3) is 0 Å². The normalized spacial score (nSPS) is 16.6. The second kappa shape index (κ2) is 8.65. The molecule has 0 spiro atoms. The van der Waals surface area contributed by atoms with Gasteiger partial charge in [-0.15, -0.1) is 0 Å². The highest BCUT2D eigenvalue weighted by molar-refractivity contribution is 5.74. The first-order valence-corrected chi connectivity index (χ1v) is 9.19. The molecule has 2 aromatic heterocycles. The van der Waals surface area contributed by atoms with Gasteiger partial charge in [0.05, 0.1) is 6.04 Å². The molecule has 25 heavy (non-hydrogen) atoms. The van der Waals surface area contributed by atoms with Crippen LogP contribution in [-0.2, 0) is 6.54 Å². The molecule has 1 N–H and O–H groups in total. The molecule has 1 aliphatic heterocycles. The molecule has 1 fully saturated rings. The molecule has 6 heteroatoms. The number of rotatable bonds is 6. The fraction of sp³-hybridized carbons (Fsp3) is 0.526. The fourth-order valence-corrected chi connectivity index (χ4v) is 3.42. The standard InChI is InChI=1S/C19H27N5O/c1-2-18(17-5-3-9-20-15-17)22-19(25)23-12-6-16(7-13-23)8-14-24-11-4-10-21-24/h3-5,9-11,15-16,18H,2,6-8,12-14H2,1H3,(H,22,25). The Morgan fingerprint density at radius 2 is 2.16 bits per heavy atom. The summed E-state index contributed by atoms with van der Waals surface area (Å²) in [4.78, 5) is 18.7. The SMILES string of the molecule is CCC(NC(=O)N1CCC(CCn2cccn2)CC1)c1cccnc1. The van der Waals surface area contributed by atoms with Gasteiger partial charge in [-0.3, -0.25) is 9.67 Å². The monoisotopic (exact) mass is 341 g/mol. The van der Waals surface area contributed by atoms with Crippen LogP contribution in [0.3, 0.4) is 0 Å². The lowest BCUT2D eigenvalue weighted by Crippen LogP contribution is -2.45. The molecule has 1 unspecified atom stereocenters. The third-order valence-corrected chi connectivity index (χ3v) is 5.02. The number of carbonyl (C=O) groups is 1. The Balaban J connectivity index is 1.44. The number of amides is 2. The summed E-state index contributed by atoms with van der Waals surface area (Å²) in [6.45, 7) is 4.71. The highest BCUT2D eigenvalue weighted by Crippen LogP contribution is 2.22. The van der Waals surface area contributed by atoms with Crippen molar-refractivity contribution in [1.29, 1.82) is 0 Å². The van der Waals surface area contributed by atoms with Crippen LogP contribution in [0.25, 0.3) is 0 Å². The van der Waals surface area contributed by atoms with E-state index < -0.39 is 0 Å². The highest BCUT2D eigenvalue weighted by atomic mass is 16.2. The van der Waals surface area contributed by atoms with Crippen LogP contribution in [0, 0.1) is 5.92 Å². The van der Waals surface area contributed by atoms with Gasteiger partial charge in [-0.25, -0.2) is 4.79 Å². The molecule has 1 atom stereocenters. The topological polar surface area (TPSA) is 63.1 Å². The molecule has 0 saturated carbocycles. The van der Waals surface area contributed by atoms with Gasteiger partial charge in [-0.05, 0) is 49.3 Å². The zero-order valence-corrected chi connectivity index (χ0v) is 14.8. The van der Waals surface area contributed by atoms with Gasteiger partial charge in [0.15, 0.2) is 0 Å². The Bertz CT molecular complexity index is 635. The second-order valence-electron chi connectivity index (χ2n) is 6.68. The van der Waals surface area contributed by atoms with Crippen LogP contribution in [0.5, 0.6) is 0 Å². The van der Waals surface area contributed by atoms with E-state index in [0.29, 0.717) is 5.92 Å². The van der Waals surface area contributed by atoms with Crippen LogP contribution in [0.2, 0.25) is 0 Å². The van der Waals surface area contributed by atoms with Gasteiger partial charge in [-0.1, -0.05) is 13.0 Å². The van der Waals surface area contributed by atoms with Gasteiger partial charge >= 0.3 is 6.03 Å². The number of aryl methyl sites for hydroxylation is 1. The number of nitrogens with one attached hydrogen (secondary N) is 1. The number of likely N-dealkylation sites (tertiary alicyclic amines) is 1. The lowest BCUT2D eigenvalue weighted by atomic mass is 9.94. The predicted molar refractivity (Wildman–Crippen MR) is 96.9 cm³/mol. The maximum absolute atomic E-state index is 12.6. The molecule has 2 aromatic rings. The quantitative estimate of drug-likeness (QED) is 0.877. The summed E-state index contributed by atoms with van der Waals surface area (Å²) in [6, 6.07) is 5.96. The molecule has 1 aliphatic rings. The van der Waals surface area contributed by atoms with Gasteiger partial charge in [0, 0.05) is 44.4 Å². The van der Waals surface area contributed by atoms with Crippen LogP contribution in [-0.4, -0.2) is 38.8 Å². The van der Waals surface area contributed by atoms with E-state index in [-0.39, 0.29) is 12.1 Å². The van der Waals surface area contributed by atoms with Crippen molar-refractivity contribution in [1.82, 2.24) is 25.0 Å². The Morgan fingerprint density at radius 1 is 1.32 bits per heavy atom. The largest absolute Gasteiger partial charge is 0.331 e. The van der Waals surface area contributed by atoms with Crippen molar-refractivity contribution in [2.45, 2.75) is 45.2 Å². The minimum absolute atomic E-state index is 0.0266. The molecular formula is C19H27N5O. The van der Waals surface area contributed by atoms with Crippen molar-refractivity contribution in [3.8, 4) is 0 Å². The number of urea groups is 1. The van der Waals surface area contributed by atoms with Crippen molar-refractivity contribution in [3.05, 3.63) is 48.5 Å². The Labute approximate surface area is 149 Å². The van der Waals surface area contributed by atoms with Crippen molar-refractivity contribution in [3.63, 3.8) is 0 Å². The fourth-order valence-electron chi connectivity index (χ4n) is 3.42. The molecule has 0 radical (unpaired) electrons. The third-order valence-electron chi connectivity index (χ3n) is 5.02. The number of aromatic nitrogens is 3. The van der Waals surface area contributed by atoms with Crippen LogP contribution in [0.4, 0.5) is 4.79 Å². The maximum atomic E-state index is 12.6. The molecule has 3 heterocycles. The molecule has 2 amide bonds. The minimum Gasteiger partial charge on any atom is -0.331 e. The number of carbonyl (C=O) groups excluding carboxylic acids is 1. The van der Waals surface area contributed by atoms with Gasteiger partial charge < -0.3 is 10.2 Å². The molecule has 1 saturated heterocycles.